The number of primary amides is 1. The van der Waals surface area contributed by atoms with Gasteiger partial charge in [0, 0.05) is 11.6 Å². The zero-order valence-electron chi connectivity index (χ0n) is 20.8. The first-order valence-corrected chi connectivity index (χ1v) is 11.4. The zero-order valence-corrected chi connectivity index (χ0v) is 20.8. The van der Waals surface area contributed by atoms with Gasteiger partial charge in [0.1, 0.15) is 24.2 Å². The Kier molecular flexibility index (Phi) is 9.44. The molecule has 0 bridgehead atoms. The molecule has 0 saturated heterocycles. The van der Waals surface area contributed by atoms with E-state index in [0.29, 0.717) is 24.0 Å². The number of hydrogen-bond acceptors (Lipinski definition) is 7. The van der Waals surface area contributed by atoms with Crippen molar-refractivity contribution in [2.24, 2.45) is 5.73 Å². The van der Waals surface area contributed by atoms with Crippen LogP contribution >= 0.6 is 0 Å². The van der Waals surface area contributed by atoms with Crippen LogP contribution in [0.3, 0.4) is 0 Å². The van der Waals surface area contributed by atoms with Gasteiger partial charge in [-0.3, -0.25) is 19.2 Å². The predicted molar refractivity (Wildman–Crippen MR) is 129 cm³/mol. The third-order valence-corrected chi connectivity index (χ3v) is 5.14. The van der Waals surface area contributed by atoms with E-state index < -0.39 is 60.4 Å². The lowest BCUT2D eigenvalue weighted by molar-refractivity contribution is -0.145. The van der Waals surface area contributed by atoms with Gasteiger partial charge in [0.15, 0.2) is 0 Å². The van der Waals surface area contributed by atoms with E-state index in [1.54, 1.807) is 45.0 Å². The fraction of sp³-hybridized carbons (Fsp3) is 0.480. The number of alkyl carbamates (subject to hydrolysis) is 1. The Morgan fingerprint density at radius 3 is 2.25 bits per heavy atom. The molecule has 36 heavy (non-hydrogen) atoms. The first-order valence-electron chi connectivity index (χ1n) is 11.4. The molecule has 1 fully saturated rings. The molecule has 0 aliphatic heterocycles. The molecule has 1 aliphatic rings. The molecule has 0 aromatic heterocycles. The van der Waals surface area contributed by atoms with E-state index in [4.69, 9.17) is 16.9 Å². The first-order chi connectivity index (χ1) is 16.9. The van der Waals surface area contributed by atoms with Crippen molar-refractivity contribution in [2.75, 3.05) is 13.7 Å². The van der Waals surface area contributed by atoms with E-state index in [2.05, 4.69) is 21.3 Å². The van der Waals surface area contributed by atoms with E-state index in [0.717, 1.165) is 0 Å². The van der Waals surface area contributed by atoms with Crippen LogP contribution in [0.15, 0.2) is 24.3 Å². The van der Waals surface area contributed by atoms with Crippen molar-refractivity contribution in [3.8, 4) is 12.3 Å². The summed E-state index contributed by atoms with van der Waals surface area (Å²) in [6.07, 6.45) is 5.22. The highest BCUT2D eigenvalue weighted by molar-refractivity contribution is 5.95. The average molecular weight is 501 g/mol. The summed E-state index contributed by atoms with van der Waals surface area (Å²) in [4.78, 5) is 64.1. The van der Waals surface area contributed by atoms with Crippen LogP contribution in [-0.2, 0) is 28.7 Å². The highest BCUT2D eigenvalue weighted by Crippen LogP contribution is 2.36. The maximum atomic E-state index is 13.7. The highest BCUT2D eigenvalue weighted by Gasteiger charge is 2.44. The molecule has 0 heterocycles. The van der Waals surface area contributed by atoms with Crippen LogP contribution in [0.25, 0.3) is 0 Å². The SMILES string of the molecule is C#Cc1ccc(C(C(=O)NCC(=O)OC)N(C(=O)C(CC(N)=O)NC(=O)OC(C)(C)C)C2CC2)cc1. The minimum absolute atomic E-state index is 0.338. The Morgan fingerprint density at radius 2 is 1.78 bits per heavy atom. The molecule has 1 aromatic carbocycles. The van der Waals surface area contributed by atoms with Crippen molar-refractivity contribution in [1.82, 2.24) is 15.5 Å². The zero-order chi connectivity index (χ0) is 27.0. The summed E-state index contributed by atoms with van der Waals surface area (Å²) in [5, 5.41) is 4.88. The normalized spacial score (nSPS) is 14.4. The van der Waals surface area contributed by atoms with Crippen molar-refractivity contribution >= 4 is 29.8 Å². The van der Waals surface area contributed by atoms with Crippen LogP contribution in [0.1, 0.15) is 57.2 Å². The largest absolute Gasteiger partial charge is 0.468 e. The number of nitrogens with zero attached hydrogens (tertiary/aromatic N) is 1. The number of hydrogen-bond donors (Lipinski definition) is 3. The molecule has 4 amide bonds. The fourth-order valence-corrected chi connectivity index (χ4v) is 3.43. The molecule has 2 atom stereocenters. The Balaban J connectivity index is 2.45. The number of amides is 4. The fourth-order valence-electron chi connectivity index (χ4n) is 3.43. The van der Waals surface area contributed by atoms with Gasteiger partial charge in [-0.2, -0.15) is 0 Å². The molecule has 194 valence electrons. The summed E-state index contributed by atoms with van der Waals surface area (Å²) in [7, 11) is 1.18. The average Bonchev–Trinajstić information content (AvgIpc) is 3.63. The van der Waals surface area contributed by atoms with Crippen molar-refractivity contribution in [2.45, 2.75) is 63.8 Å². The molecule has 11 heteroatoms. The van der Waals surface area contributed by atoms with Gasteiger partial charge in [-0.1, -0.05) is 18.1 Å². The predicted octanol–water partition coefficient (Wildman–Crippen LogP) is 0.758. The smallest absolute Gasteiger partial charge is 0.408 e. The number of nitrogens with two attached hydrogens (primary N) is 1. The summed E-state index contributed by atoms with van der Waals surface area (Å²) in [6, 6.07) is 3.54. The third kappa shape index (κ3) is 8.30. The van der Waals surface area contributed by atoms with Gasteiger partial charge in [-0.05, 0) is 51.3 Å². The lowest BCUT2D eigenvalue weighted by Gasteiger charge is -2.34. The van der Waals surface area contributed by atoms with Crippen molar-refractivity contribution < 1.29 is 33.4 Å². The van der Waals surface area contributed by atoms with Crippen LogP contribution in [0.5, 0.6) is 0 Å². The number of rotatable bonds is 10. The van der Waals surface area contributed by atoms with Crippen LogP contribution in [0, 0.1) is 12.3 Å². The van der Waals surface area contributed by atoms with E-state index in [1.165, 1.54) is 12.0 Å². The number of benzene rings is 1. The van der Waals surface area contributed by atoms with Gasteiger partial charge in [-0.15, -0.1) is 6.42 Å². The molecular weight excluding hydrogens is 468 g/mol. The van der Waals surface area contributed by atoms with Crippen molar-refractivity contribution in [3.05, 3.63) is 35.4 Å². The van der Waals surface area contributed by atoms with E-state index in [9.17, 15) is 24.0 Å². The van der Waals surface area contributed by atoms with Gasteiger partial charge in [0.05, 0.1) is 13.5 Å². The molecule has 2 unspecified atom stereocenters. The topological polar surface area (TPSA) is 157 Å². The second kappa shape index (κ2) is 12.1. The van der Waals surface area contributed by atoms with E-state index in [-0.39, 0.29) is 6.04 Å². The summed E-state index contributed by atoms with van der Waals surface area (Å²) >= 11 is 0. The quantitative estimate of drug-likeness (QED) is 0.316. The number of esters is 1. The van der Waals surface area contributed by atoms with Gasteiger partial charge < -0.3 is 30.7 Å². The second-order valence-electron chi connectivity index (χ2n) is 9.31. The van der Waals surface area contributed by atoms with Gasteiger partial charge in [0.2, 0.25) is 17.7 Å². The number of nitrogens with one attached hydrogen (secondary N) is 2. The standard InChI is InChI=1S/C25H32N4O7/c1-6-15-7-9-16(10-8-15)21(22(32)27-14-20(31)35-5)29(17-11-12-17)23(33)18(13-19(26)30)28-24(34)36-25(2,3)4/h1,7-10,17-18,21H,11-14H2,2-5H3,(H2,26,30)(H,27,32)(H,28,34). The third-order valence-electron chi connectivity index (χ3n) is 5.14. The van der Waals surface area contributed by atoms with Crippen molar-refractivity contribution in [3.63, 3.8) is 0 Å². The number of methoxy groups -OCH3 is 1. The maximum absolute atomic E-state index is 13.7. The molecule has 11 nitrogen and oxygen atoms in total. The first kappa shape index (κ1) is 28.2. The van der Waals surface area contributed by atoms with Crippen LogP contribution in [-0.4, -0.2) is 66.0 Å². The number of ether oxygens (including phenoxy) is 2. The summed E-state index contributed by atoms with van der Waals surface area (Å²) in [6.45, 7) is 4.53. The molecule has 0 spiro atoms. The van der Waals surface area contributed by atoms with Crippen LogP contribution in [0.2, 0.25) is 0 Å². The minimum atomic E-state index is -1.38. The Hall–Kier alpha value is -4.07. The van der Waals surface area contributed by atoms with Crippen LogP contribution in [0.4, 0.5) is 4.79 Å². The maximum Gasteiger partial charge on any atom is 0.408 e. The number of carbonyl (C=O) groups is 5. The molecular formula is C25H32N4O7. The molecule has 1 aromatic rings. The lowest BCUT2D eigenvalue weighted by atomic mass is 10.0. The summed E-state index contributed by atoms with van der Waals surface area (Å²) in [5.74, 6) is -0.362. The molecule has 0 radical (unpaired) electrons. The second-order valence-corrected chi connectivity index (χ2v) is 9.31. The van der Waals surface area contributed by atoms with E-state index in [1.807, 2.05) is 0 Å². The monoisotopic (exact) mass is 500 g/mol. The van der Waals surface area contributed by atoms with Crippen molar-refractivity contribution in [1.29, 1.82) is 0 Å². The Bertz CT molecular complexity index is 1040. The van der Waals surface area contributed by atoms with E-state index >= 15 is 0 Å². The molecule has 2 rings (SSSR count). The van der Waals surface area contributed by atoms with Gasteiger partial charge >= 0.3 is 12.1 Å². The lowest BCUT2D eigenvalue weighted by Crippen LogP contribution is -2.55. The van der Waals surface area contributed by atoms with Crippen LogP contribution < -0.4 is 16.4 Å². The molecule has 1 saturated carbocycles. The summed E-state index contributed by atoms with van der Waals surface area (Å²) in [5.41, 5.74) is 5.49. The minimum Gasteiger partial charge on any atom is -0.468 e. The van der Waals surface area contributed by atoms with Gasteiger partial charge in [-0.25, -0.2) is 4.79 Å². The summed E-state index contributed by atoms with van der Waals surface area (Å²) < 4.78 is 9.81. The molecule has 1 aliphatic carbocycles. The number of carbonyl (C=O) groups excluding carboxylic acids is 5. The highest BCUT2D eigenvalue weighted by atomic mass is 16.6. The molecule has 4 N–H and O–H groups in total. The Labute approximate surface area is 210 Å². The Morgan fingerprint density at radius 1 is 1.17 bits per heavy atom. The number of terminal acetylenes is 1. The van der Waals surface area contributed by atoms with Gasteiger partial charge in [0.25, 0.3) is 0 Å².